The van der Waals surface area contributed by atoms with Crippen LogP contribution < -0.4 is 19.8 Å². The molecule has 5 rings (SSSR count). The van der Waals surface area contributed by atoms with Gasteiger partial charge in [0.05, 0.1) is 16.9 Å². The number of anilines is 2. The van der Waals surface area contributed by atoms with Crippen LogP contribution in [0.15, 0.2) is 60.9 Å². The number of ether oxygens (including phenoxy) is 1. The molecular formula is C29H31ClN6O2. The van der Waals surface area contributed by atoms with Gasteiger partial charge in [0.15, 0.2) is 0 Å². The summed E-state index contributed by atoms with van der Waals surface area (Å²) in [7, 11) is 0. The molecule has 9 heteroatoms. The Kier molecular flexibility index (Phi) is 7.72. The number of benzene rings is 2. The molecule has 0 spiro atoms. The summed E-state index contributed by atoms with van der Waals surface area (Å²) in [6, 6.07) is 15.5. The molecule has 8 nitrogen and oxygen atoms in total. The molecule has 1 aliphatic heterocycles. The molecule has 0 unspecified atom stereocenters. The van der Waals surface area contributed by atoms with Gasteiger partial charge in [0.25, 0.3) is 0 Å². The van der Waals surface area contributed by atoms with Gasteiger partial charge in [-0.3, -0.25) is 4.79 Å². The third-order valence-corrected chi connectivity index (χ3v) is 6.97. The van der Waals surface area contributed by atoms with Crippen molar-refractivity contribution in [2.75, 3.05) is 22.8 Å². The van der Waals surface area contributed by atoms with Gasteiger partial charge in [0, 0.05) is 53.4 Å². The number of fused-ring (bicyclic) bond motifs is 1. The number of carbonyl (C=O) groups is 1. The van der Waals surface area contributed by atoms with Crippen LogP contribution in [0.25, 0.3) is 22.0 Å². The summed E-state index contributed by atoms with van der Waals surface area (Å²) in [5.41, 5.74) is 3.00. The van der Waals surface area contributed by atoms with Crippen molar-refractivity contribution in [1.82, 2.24) is 20.3 Å². The Morgan fingerprint density at radius 3 is 2.76 bits per heavy atom. The van der Waals surface area contributed by atoms with E-state index in [1.54, 1.807) is 12.4 Å². The van der Waals surface area contributed by atoms with E-state index >= 15 is 0 Å². The molecule has 0 radical (unpaired) electrons. The Labute approximate surface area is 227 Å². The van der Waals surface area contributed by atoms with Gasteiger partial charge in [-0.15, -0.1) is 0 Å². The molecule has 1 fully saturated rings. The number of nitrogens with zero attached hydrogens (tertiary/aromatic N) is 4. The summed E-state index contributed by atoms with van der Waals surface area (Å²) < 4.78 is 7.68. The number of pyridine rings is 1. The predicted octanol–water partition coefficient (Wildman–Crippen LogP) is 6.10. The summed E-state index contributed by atoms with van der Waals surface area (Å²) >= 11 is 6.48. The molecule has 38 heavy (non-hydrogen) atoms. The highest BCUT2D eigenvalue weighted by Crippen LogP contribution is 2.40. The van der Waals surface area contributed by atoms with Crippen LogP contribution in [0, 0.1) is 12.8 Å². The molecular weight excluding hydrogens is 500 g/mol. The zero-order chi connectivity index (χ0) is 26.6. The van der Waals surface area contributed by atoms with Gasteiger partial charge < -0.3 is 15.4 Å². The Morgan fingerprint density at radius 1 is 1.11 bits per heavy atom. The number of amides is 1. The second-order valence-electron chi connectivity index (χ2n) is 9.77. The third-order valence-electron chi connectivity index (χ3n) is 6.62. The Morgan fingerprint density at radius 2 is 1.97 bits per heavy atom. The van der Waals surface area contributed by atoms with E-state index < -0.39 is 0 Å². The second-order valence-corrected chi connectivity index (χ2v) is 10.1. The molecule has 2 aromatic heterocycles. The number of piperidine rings is 1. The van der Waals surface area contributed by atoms with E-state index in [4.69, 9.17) is 21.5 Å². The second kappa shape index (κ2) is 11.3. The first-order chi connectivity index (χ1) is 18.4. The minimum absolute atomic E-state index is 0.175. The van der Waals surface area contributed by atoms with Gasteiger partial charge in [-0.1, -0.05) is 38.1 Å². The van der Waals surface area contributed by atoms with Gasteiger partial charge in [0.2, 0.25) is 17.7 Å². The quantitative estimate of drug-likeness (QED) is 0.279. The van der Waals surface area contributed by atoms with E-state index in [1.165, 1.54) is 4.42 Å². The van der Waals surface area contributed by atoms with Gasteiger partial charge >= 0.3 is 0 Å². The smallest absolute Gasteiger partial charge is 0.244 e. The first-order valence-electron chi connectivity index (χ1n) is 12.9. The number of carbonyl (C=O) groups excluding carboxylic acids is 1. The lowest BCUT2D eigenvalue weighted by Gasteiger charge is -2.23. The van der Waals surface area contributed by atoms with Crippen LogP contribution in [0.3, 0.4) is 0 Å². The van der Waals surface area contributed by atoms with Crippen molar-refractivity contribution in [3.63, 3.8) is 0 Å². The minimum Gasteiger partial charge on any atom is -0.437 e. The third kappa shape index (κ3) is 5.42. The van der Waals surface area contributed by atoms with Crippen molar-refractivity contribution in [2.24, 2.45) is 5.92 Å². The summed E-state index contributed by atoms with van der Waals surface area (Å²) in [6.07, 6.45) is 5.64. The maximum Gasteiger partial charge on any atom is 0.244 e. The van der Waals surface area contributed by atoms with E-state index in [2.05, 4.69) is 20.6 Å². The molecule has 0 saturated carbocycles. The molecule has 1 amide bonds. The number of aryl methyl sites for hydroxylation is 1. The number of halogens is 1. The van der Waals surface area contributed by atoms with Crippen LogP contribution >= 0.6 is 11.8 Å². The number of hydrogen-bond donors (Lipinski definition) is 2. The van der Waals surface area contributed by atoms with Crippen molar-refractivity contribution < 1.29 is 9.53 Å². The van der Waals surface area contributed by atoms with Crippen molar-refractivity contribution in [1.29, 1.82) is 0 Å². The van der Waals surface area contributed by atoms with Gasteiger partial charge in [-0.25, -0.2) is 19.4 Å². The molecule has 4 aromatic rings. The molecule has 0 aliphatic carbocycles. The van der Waals surface area contributed by atoms with E-state index in [0.717, 1.165) is 47.8 Å². The summed E-state index contributed by atoms with van der Waals surface area (Å²) in [5, 5.41) is 8.48. The average Bonchev–Trinajstić information content (AvgIpc) is 2.94. The highest BCUT2D eigenvalue weighted by Gasteiger charge is 2.21. The molecule has 1 atom stereocenters. The zero-order valence-corrected chi connectivity index (χ0v) is 22.5. The van der Waals surface area contributed by atoms with Crippen LogP contribution in [0.2, 0.25) is 0 Å². The van der Waals surface area contributed by atoms with Crippen molar-refractivity contribution in [3.05, 3.63) is 66.5 Å². The van der Waals surface area contributed by atoms with Crippen molar-refractivity contribution >= 4 is 40.1 Å². The predicted molar refractivity (Wildman–Crippen MR) is 152 cm³/mol. The van der Waals surface area contributed by atoms with Crippen LogP contribution in [0.4, 0.5) is 11.6 Å². The normalized spacial score (nSPS) is 15.4. The highest BCUT2D eigenvalue weighted by atomic mass is 35.5. The summed E-state index contributed by atoms with van der Waals surface area (Å²) in [6.45, 7) is 7.56. The number of nitrogens with one attached hydrogen (secondary N) is 2. The molecule has 196 valence electrons. The Balaban J connectivity index is 1.50. The molecule has 1 aliphatic rings. The first-order valence-corrected chi connectivity index (χ1v) is 13.2. The summed E-state index contributed by atoms with van der Waals surface area (Å²) in [5.74, 6) is 1.24. The SMILES string of the molecule is Cc1ccc2c(N(Cl)C(=O)C(C)C)cccc2c1Oc1ncccc1-c1ccnc(N[C@H]2CCCNC2)n1. The lowest BCUT2D eigenvalue weighted by Crippen LogP contribution is -2.38. The molecule has 2 N–H and O–H groups in total. The monoisotopic (exact) mass is 530 g/mol. The van der Waals surface area contributed by atoms with Gasteiger partial charge in [-0.2, -0.15) is 0 Å². The van der Waals surface area contributed by atoms with E-state index in [0.29, 0.717) is 35.0 Å². The fourth-order valence-corrected chi connectivity index (χ4v) is 4.92. The van der Waals surface area contributed by atoms with Crippen LogP contribution in [0.1, 0.15) is 32.3 Å². The lowest BCUT2D eigenvalue weighted by atomic mass is 10.0. The molecule has 2 aromatic carbocycles. The van der Waals surface area contributed by atoms with Crippen molar-refractivity contribution in [3.8, 4) is 22.9 Å². The van der Waals surface area contributed by atoms with Gasteiger partial charge in [-0.05, 0) is 56.1 Å². The minimum atomic E-state index is -0.235. The number of rotatable bonds is 7. The first kappa shape index (κ1) is 25.9. The highest BCUT2D eigenvalue weighted by molar-refractivity contribution is 6.38. The van der Waals surface area contributed by atoms with Crippen LogP contribution in [-0.4, -0.2) is 40.0 Å². The average molecular weight is 531 g/mol. The number of aromatic nitrogens is 3. The van der Waals surface area contributed by atoms with Crippen molar-refractivity contribution in [2.45, 2.75) is 39.7 Å². The van der Waals surface area contributed by atoms with Crippen LogP contribution in [-0.2, 0) is 4.79 Å². The Bertz CT molecular complexity index is 1450. The maximum absolute atomic E-state index is 12.6. The largest absolute Gasteiger partial charge is 0.437 e. The summed E-state index contributed by atoms with van der Waals surface area (Å²) in [4.78, 5) is 26.4. The number of hydrogen-bond acceptors (Lipinski definition) is 7. The zero-order valence-electron chi connectivity index (χ0n) is 21.7. The maximum atomic E-state index is 12.6. The standard InChI is InChI=1S/C29H31ClN6O2/c1-18(2)28(37)36(30)25-10-4-8-22-21(25)12-11-19(3)26(22)38-27-23(9-6-15-32-27)24-13-16-33-29(35-24)34-20-7-5-14-31-17-20/h4,6,8-13,15-16,18,20,31H,5,7,14,17H2,1-3H3,(H,33,34,35)/t20-/m0/s1. The molecule has 3 heterocycles. The van der Waals surface area contributed by atoms with E-state index in [9.17, 15) is 4.79 Å². The van der Waals surface area contributed by atoms with Gasteiger partial charge in [0.1, 0.15) is 5.75 Å². The van der Waals surface area contributed by atoms with E-state index in [1.807, 2.05) is 69.3 Å². The molecule has 1 saturated heterocycles. The fraction of sp³-hybridized carbons (Fsp3) is 0.310. The van der Waals surface area contributed by atoms with Crippen LogP contribution in [0.5, 0.6) is 11.6 Å². The Hall–Kier alpha value is -3.75. The fourth-order valence-electron chi connectivity index (χ4n) is 4.57. The lowest BCUT2D eigenvalue weighted by molar-refractivity contribution is -0.120. The topological polar surface area (TPSA) is 92.3 Å². The van der Waals surface area contributed by atoms with E-state index in [-0.39, 0.29) is 11.8 Å². The molecule has 0 bridgehead atoms.